The van der Waals surface area contributed by atoms with Crippen LogP contribution in [0.5, 0.6) is 0 Å². The molecule has 1 aromatic heterocycles. The molecule has 0 bridgehead atoms. The number of amides is 1. The number of carbonyl (C=O) groups is 1. The minimum absolute atomic E-state index is 0.0480. The van der Waals surface area contributed by atoms with Crippen LogP contribution in [0.2, 0.25) is 0 Å². The molecular weight excluding hydrogens is 459 g/mol. The van der Waals surface area contributed by atoms with E-state index in [0.717, 1.165) is 17.7 Å². The van der Waals surface area contributed by atoms with Crippen molar-refractivity contribution in [2.75, 3.05) is 5.32 Å². The Morgan fingerprint density at radius 1 is 0.941 bits per heavy atom. The van der Waals surface area contributed by atoms with E-state index in [2.05, 4.69) is 10.0 Å². The Morgan fingerprint density at radius 3 is 2.29 bits per heavy atom. The lowest BCUT2D eigenvalue weighted by molar-refractivity contribution is -0.117. The number of nitrogens with zero attached hydrogens (tertiary/aromatic N) is 2. The topological polar surface area (TPSA) is 102 Å². The number of rotatable bonds is 7. The van der Waals surface area contributed by atoms with Crippen molar-refractivity contribution in [3.05, 3.63) is 94.7 Å². The third kappa shape index (κ3) is 4.63. The van der Waals surface area contributed by atoms with Gasteiger partial charge in [-0.1, -0.05) is 42.5 Å². The van der Waals surface area contributed by atoms with Crippen LogP contribution < -0.4 is 15.7 Å². The molecule has 34 heavy (non-hydrogen) atoms. The Morgan fingerprint density at radius 2 is 1.59 bits per heavy atom. The molecule has 1 amide bonds. The van der Waals surface area contributed by atoms with Gasteiger partial charge in [-0.3, -0.25) is 13.9 Å². The average Bonchev–Trinajstić information content (AvgIpc) is 3.03. The summed E-state index contributed by atoms with van der Waals surface area (Å²) in [6, 6.07) is 17.6. The summed E-state index contributed by atoms with van der Waals surface area (Å²) in [5.74, 6) is -1.53. The molecule has 0 fully saturated rings. The summed E-state index contributed by atoms with van der Waals surface area (Å²) in [6.07, 6.45) is 0.0480. The van der Waals surface area contributed by atoms with Crippen LogP contribution in [0.25, 0.3) is 11.0 Å². The first-order chi connectivity index (χ1) is 16.2. The number of carbonyl (C=O) groups excluding carboxylic acids is 1. The van der Waals surface area contributed by atoms with Crippen molar-refractivity contribution in [3.63, 3.8) is 0 Å². The van der Waals surface area contributed by atoms with E-state index in [0.29, 0.717) is 16.7 Å². The van der Waals surface area contributed by atoms with Gasteiger partial charge in [-0.25, -0.2) is 17.6 Å². The normalized spacial score (nSPS) is 12.6. The number of benzene rings is 3. The molecule has 0 unspecified atom stereocenters. The molecule has 10 heteroatoms. The van der Waals surface area contributed by atoms with E-state index in [-0.39, 0.29) is 12.1 Å². The largest absolute Gasteiger partial charge is 0.328 e. The molecule has 0 aliphatic heterocycles. The van der Waals surface area contributed by atoms with Crippen molar-refractivity contribution < 1.29 is 17.6 Å². The fourth-order valence-electron chi connectivity index (χ4n) is 3.77. The smallest absolute Gasteiger partial charge is 0.325 e. The van der Waals surface area contributed by atoms with Crippen molar-refractivity contribution >= 4 is 32.7 Å². The van der Waals surface area contributed by atoms with Gasteiger partial charge in [-0.15, -0.1) is 0 Å². The van der Waals surface area contributed by atoms with Gasteiger partial charge >= 0.3 is 5.69 Å². The number of hydrogen-bond acceptors (Lipinski definition) is 4. The number of aromatic nitrogens is 2. The molecule has 0 spiro atoms. The molecule has 1 atom stereocenters. The minimum atomic E-state index is -4.33. The van der Waals surface area contributed by atoms with Crippen LogP contribution >= 0.6 is 0 Å². The van der Waals surface area contributed by atoms with Crippen molar-refractivity contribution in [2.24, 2.45) is 14.1 Å². The van der Waals surface area contributed by atoms with E-state index in [1.807, 2.05) is 0 Å². The van der Waals surface area contributed by atoms with Crippen molar-refractivity contribution in [1.82, 2.24) is 13.9 Å². The van der Waals surface area contributed by atoms with Crippen LogP contribution in [0, 0.1) is 5.82 Å². The van der Waals surface area contributed by atoms with Crippen LogP contribution in [0.1, 0.15) is 5.56 Å². The monoisotopic (exact) mass is 482 g/mol. The van der Waals surface area contributed by atoms with E-state index >= 15 is 0 Å². The summed E-state index contributed by atoms with van der Waals surface area (Å²) in [6.45, 7) is 0. The summed E-state index contributed by atoms with van der Waals surface area (Å²) in [5.41, 5.74) is 2.20. The quantitative estimate of drug-likeness (QED) is 0.423. The van der Waals surface area contributed by atoms with Crippen molar-refractivity contribution in [3.8, 4) is 0 Å². The molecule has 176 valence electrons. The fraction of sp³-hybridized carbons (Fsp3) is 0.167. The summed E-state index contributed by atoms with van der Waals surface area (Å²) < 4.78 is 45.3. The highest BCUT2D eigenvalue weighted by Crippen LogP contribution is 2.19. The predicted molar refractivity (Wildman–Crippen MR) is 127 cm³/mol. The molecule has 0 radical (unpaired) electrons. The average molecular weight is 483 g/mol. The van der Waals surface area contributed by atoms with Gasteiger partial charge in [-0.2, -0.15) is 4.72 Å². The first kappa shape index (κ1) is 23.4. The zero-order chi connectivity index (χ0) is 24.5. The van der Waals surface area contributed by atoms with E-state index in [9.17, 15) is 22.4 Å². The molecule has 2 N–H and O–H groups in total. The van der Waals surface area contributed by atoms with E-state index in [4.69, 9.17) is 0 Å². The number of fused-ring (bicyclic) bond motifs is 1. The van der Waals surface area contributed by atoms with Crippen LogP contribution in [0.4, 0.5) is 10.1 Å². The molecule has 4 rings (SSSR count). The highest BCUT2D eigenvalue weighted by Gasteiger charge is 2.28. The Bertz CT molecular complexity index is 1530. The van der Waals surface area contributed by atoms with Crippen LogP contribution in [-0.4, -0.2) is 29.5 Å². The summed E-state index contributed by atoms with van der Waals surface area (Å²) in [7, 11) is -1.05. The molecule has 0 saturated carbocycles. The third-order valence-corrected chi connectivity index (χ3v) is 7.07. The van der Waals surface area contributed by atoms with Crippen LogP contribution in [0.15, 0.2) is 82.5 Å². The lowest BCUT2D eigenvalue weighted by Crippen LogP contribution is -2.45. The van der Waals surface area contributed by atoms with Crippen LogP contribution in [-0.2, 0) is 35.3 Å². The van der Waals surface area contributed by atoms with Gasteiger partial charge in [0.15, 0.2) is 0 Å². The number of hydrogen-bond donors (Lipinski definition) is 2. The summed E-state index contributed by atoms with van der Waals surface area (Å²) >= 11 is 0. The Labute approximate surface area is 195 Å². The van der Waals surface area contributed by atoms with Crippen molar-refractivity contribution in [2.45, 2.75) is 17.4 Å². The SMILES string of the molecule is Cn1c(=O)n(C)c2cc(NC(=O)[C@H](Cc3ccccc3)NS(=O)(=O)c3ccccc3F)ccc21. The van der Waals surface area contributed by atoms with E-state index < -0.39 is 32.7 Å². The standard InChI is InChI=1S/C24H23FN4O4S/c1-28-20-13-12-17(15-21(20)29(2)24(28)31)26-23(30)19(14-16-8-4-3-5-9-16)27-34(32,33)22-11-7-6-10-18(22)25/h3-13,15,19,27H,14H2,1-2H3,(H,26,30)/t19-/m0/s1. The number of sulfonamides is 1. The molecule has 4 aromatic rings. The predicted octanol–water partition coefficient (Wildman–Crippen LogP) is 2.54. The third-order valence-electron chi connectivity index (χ3n) is 5.56. The van der Waals surface area contributed by atoms with Gasteiger partial charge in [0.25, 0.3) is 0 Å². The second-order valence-corrected chi connectivity index (χ2v) is 9.57. The van der Waals surface area contributed by atoms with E-state index in [1.54, 1.807) is 62.6 Å². The molecular formula is C24H23FN4O4S. The van der Waals surface area contributed by atoms with Gasteiger partial charge < -0.3 is 5.32 Å². The first-order valence-corrected chi connectivity index (χ1v) is 11.9. The van der Waals surface area contributed by atoms with Crippen LogP contribution in [0.3, 0.4) is 0 Å². The summed E-state index contributed by atoms with van der Waals surface area (Å²) in [5, 5.41) is 2.71. The second-order valence-electron chi connectivity index (χ2n) is 7.89. The molecule has 0 saturated heterocycles. The highest BCUT2D eigenvalue weighted by atomic mass is 32.2. The number of anilines is 1. The molecule has 3 aromatic carbocycles. The fourth-order valence-corrected chi connectivity index (χ4v) is 5.04. The van der Waals surface area contributed by atoms with Crippen molar-refractivity contribution in [1.29, 1.82) is 0 Å². The first-order valence-electron chi connectivity index (χ1n) is 10.4. The zero-order valence-corrected chi connectivity index (χ0v) is 19.3. The maximum atomic E-state index is 14.2. The molecule has 1 heterocycles. The Hall–Kier alpha value is -3.76. The maximum Gasteiger partial charge on any atom is 0.328 e. The number of nitrogens with one attached hydrogen (secondary N) is 2. The number of aryl methyl sites for hydroxylation is 2. The Balaban J connectivity index is 1.65. The highest BCUT2D eigenvalue weighted by molar-refractivity contribution is 7.89. The minimum Gasteiger partial charge on any atom is -0.325 e. The number of imidazole rings is 1. The zero-order valence-electron chi connectivity index (χ0n) is 18.5. The lowest BCUT2D eigenvalue weighted by atomic mass is 10.1. The molecule has 8 nitrogen and oxygen atoms in total. The Kier molecular flexibility index (Phi) is 6.36. The second kappa shape index (κ2) is 9.24. The number of halogens is 1. The van der Waals surface area contributed by atoms with Gasteiger partial charge in [-0.05, 0) is 42.3 Å². The van der Waals surface area contributed by atoms with Gasteiger partial charge in [0.1, 0.15) is 16.8 Å². The lowest BCUT2D eigenvalue weighted by Gasteiger charge is -2.19. The van der Waals surface area contributed by atoms with Gasteiger partial charge in [0.2, 0.25) is 15.9 Å². The maximum absolute atomic E-state index is 14.2. The van der Waals surface area contributed by atoms with E-state index in [1.165, 1.54) is 21.3 Å². The molecule has 0 aliphatic carbocycles. The van der Waals surface area contributed by atoms with Gasteiger partial charge in [0.05, 0.1) is 11.0 Å². The van der Waals surface area contributed by atoms with Gasteiger partial charge in [0, 0.05) is 19.8 Å². The summed E-state index contributed by atoms with van der Waals surface area (Å²) in [4.78, 5) is 24.8. The molecule has 0 aliphatic rings.